The standard InChI is InChI=1S/2C22H18N4O3S.2C22H18N4.C9H10N2/c1-12-3-7-16-18(9-12)25-21(23-16)14-5-6-15(20(11-14)30(27,28)29)22-24-17-8-4-13(2)10-19(17)26-22;1-12-3-5-17-19(7-12)25-21(23-17)14-9-15(11-16(10-14)30(27,28)29)22-24-18-6-4-13(2)8-20(18)26-22;2*1-13-3-9-17-19(11-13)25-21(23-17)15-5-7-16(8-6-15)22-24-18-10-4-14(2)12-20(18)26-22;1-6-3-4-8-9(5-6)11-7(2)10-8/h2*3-11H,1-2H3,(H,23,25)(H,24,26)(H,27,28,29);2*3-12H,1-2H3,(H,23,25)(H,24,26);3-5H,1-2H3,(H,10,11). The van der Waals surface area contributed by atoms with E-state index in [1.807, 2.05) is 113 Å². The van der Waals surface area contributed by atoms with Crippen LogP contribution in [0.3, 0.4) is 0 Å². The Morgan fingerprint density at radius 1 is 0.203 bits per heavy atom. The number of fused-ring (bicyclic) bond motifs is 9. The molecule has 608 valence electrons. The van der Waals surface area contributed by atoms with Crippen molar-refractivity contribution in [2.24, 2.45) is 0 Å². The topological polar surface area (TPSA) is 367 Å². The minimum Gasteiger partial charge on any atom is -0.342 e. The molecule has 0 aliphatic rings. The van der Waals surface area contributed by atoms with Crippen LogP contribution in [0.1, 0.15) is 55.9 Å². The zero-order valence-electron chi connectivity index (χ0n) is 68.5. The van der Waals surface area contributed by atoms with Gasteiger partial charge in [-0.2, -0.15) is 16.8 Å². The molecular weight excluding hydrogens is 1580 g/mol. The number of aryl methyl sites for hydroxylation is 10. The lowest BCUT2D eigenvalue weighted by atomic mass is 10.1. The summed E-state index contributed by atoms with van der Waals surface area (Å²) in [5.74, 6) is 6.43. The van der Waals surface area contributed by atoms with Gasteiger partial charge in [0.05, 0.1) is 104 Å². The van der Waals surface area contributed by atoms with Crippen LogP contribution >= 0.6 is 0 Å². The number of aromatic nitrogens is 18. The summed E-state index contributed by atoms with van der Waals surface area (Å²) < 4.78 is 67.8. The molecular formula is C97H82N18O6S2. The summed E-state index contributed by atoms with van der Waals surface area (Å²) >= 11 is 0. The molecule has 0 saturated carbocycles. The highest BCUT2D eigenvalue weighted by atomic mass is 32.2. The summed E-state index contributed by atoms with van der Waals surface area (Å²) in [6.45, 7) is 20.3. The molecule has 9 aromatic heterocycles. The van der Waals surface area contributed by atoms with E-state index in [1.54, 1.807) is 18.2 Å². The van der Waals surface area contributed by atoms with Gasteiger partial charge in [-0.15, -0.1) is 0 Å². The van der Waals surface area contributed by atoms with Crippen molar-refractivity contribution >= 4 is 120 Å². The van der Waals surface area contributed by atoms with Crippen LogP contribution in [0.4, 0.5) is 0 Å². The van der Waals surface area contributed by atoms with Gasteiger partial charge in [0.15, 0.2) is 0 Å². The minimum atomic E-state index is -4.50. The highest BCUT2D eigenvalue weighted by Crippen LogP contribution is 2.36. The molecule has 0 unspecified atom stereocenters. The Kier molecular flexibility index (Phi) is 20.5. The van der Waals surface area contributed by atoms with Gasteiger partial charge in [0.2, 0.25) is 0 Å². The van der Waals surface area contributed by atoms with E-state index < -0.39 is 20.2 Å². The third-order valence-corrected chi connectivity index (χ3v) is 23.0. The zero-order valence-corrected chi connectivity index (χ0v) is 70.2. The number of rotatable bonds is 10. The molecule has 13 aromatic carbocycles. The van der Waals surface area contributed by atoms with E-state index in [0.29, 0.717) is 51.1 Å². The lowest BCUT2D eigenvalue weighted by Gasteiger charge is -2.07. The monoisotopic (exact) mass is 1660 g/mol. The molecule has 0 spiro atoms. The number of hydrogen-bond acceptors (Lipinski definition) is 13. The van der Waals surface area contributed by atoms with Crippen LogP contribution in [-0.2, 0) is 20.2 Å². The van der Waals surface area contributed by atoms with Crippen molar-refractivity contribution in [3.63, 3.8) is 0 Å². The molecule has 0 bridgehead atoms. The van der Waals surface area contributed by atoms with Gasteiger partial charge in [-0.1, -0.05) is 109 Å². The Morgan fingerprint density at radius 2 is 0.415 bits per heavy atom. The first-order chi connectivity index (χ1) is 59.1. The van der Waals surface area contributed by atoms with Gasteiger partial charge in [-0.3, -0.25) is 9.11 Å². The molecule has 0 aliphatic carbocycles. The first-order valence-electron chi connectivity index (χ1n) is 39.7. The summed E-state index contributed by atoms with van der Waals surface area (Å²) in [4.78, 5) is 70.4. The summed E-state index contributed by atoms with van der Waals surface area (Å²) in [6, 6.07) is 80.5. The van der Waals surface area contributed by atoms with Crippen LogP contribution in [0.2, 0.25) is 0 Å². The number of H-pyrrole nitrogens is 9. The second-order valence-electron chi connectivity index (χ2n) is 31.3. The van der Waals surface area contributed by atoms with Crippen molar-refractivity contribution in [3.05, 3.63) is 305 Å². The molecule has 11 N–H and O–H groups in total. The first kappa shape index (κ1) is 79.1. The van der Waals surface area contributed by atoms with Gasteiger partial charge in [0.25, 0.3) is 20.2 Å². The smallest absolute Gasteiger partial charge is 0.295 e. The third-order valence-electron chi connectivity index (χ3n) is 21.3. The van der Waals surface area contributed by atoms with Crippen molar-refractivity contribution in [2.45, 2.75) is 79.0 Å². The highest BCUT2D eigenvalue weighted by molar-refractivity contribution is 7.86. The summed E-state index contributed by atoms with van der Waals surface area (Å²) in [5, 5.41) is 0. The number of imidazole rings is 9. The summed E-state index contributed by atoms with van der Waals surface area (Å²) in [6.07, 6.45) is 0. The largest absolute Gasteiger partial charge is 0.342 e. The van der Waals surface area contributed by atoms with Crippen molar-refractivity contribution < 1.29 is 25.9 Å². The predicted molar refractivity (Wildman–Crippen MR) is 490 cm³/mol. The van der Waals surface area contributed by atoms with Crippen molar-refractivity contribution in [1.82, 2.24) is 89.7 Å². The van der Waals surface area contributed by atoms with Gasteiger partial charge in [0.1, 0.15) is 57.3 Å². The molecule has 0 atom stereocenters. The number of benzene rings is 13. The Morgan fingerprint density at radius 3 is 0.667 bits per heavy atom. The zero-order chi connectivity index (χ0) is 85.3. The number of nitrogens with zero attached hydrogens (tertiary/aromatic N) is 9. The quantitative estimate of drug-likeness (QED) is 0.0567. The maximum Gasteiger partial charge on any atom is 0.295 e. The molecule has 0 fully saturated rings. The molecule has 0 amide bonds. The van der Waals surface area contributed by atoms with Crippen LogP contribution in [0, 0.1) is 69.2 Å². The van der Waals surface area contributed by atoms with Crippen LogP contribution < -0.4 is 0 Å². The molecule has 0 radical (unpaired) electrons. The third kappa shape index (κ3) is 17.0. The predicted octanol–water partition coefficient (Wildman–Crippen LogP) is 22.2. The average molecular weight is 1660 g/mol. The molecule has 123 heavy (non-hydrogen) atoms. The van der Waals surface area contributed by atoms with Crippen molar-refractivity contribution in [1.29, 1.82) is 0 Å². The van der Waals surface area contributed by atoms with Crippen LogP contribution in [0.15, 0.2) is 259 Å². The molecule has 24 nitrogen and oxygen atoms in total. The molecule has 26 heteroatoms. The molecule has 22 rings (SSSR count). The SMILES string of the molecule is Cc1ccc2nc(-c3cc(-c4nc5ccc(C)cc5[nH]4)cc(S(=O)(=O)O)c3)[nH]c2c1.Cc1ccc2nc(-c3ccc(-c4nc5ccc(C)cc5[nH]4)c(S(=O)(=O)O)c3)[nH]c2c1.Cc1ccc2nc(-c3ccc(-c4nc5ccc(C)cc5[nH]4)cc3)[nH]c2c1.Cc1ccc2nc(-c3ccc(-c4nc5ccc(C)cc5[nH]4)cc3)[nH]c2c1.Cc1ccc2nc(C)[nH]c2c1. The summed E-state index contributed by atoms with van der Waals surface area (Å²) in [7, 11) is -8.92. The number of nitrogens with one attached hydrogen (secondary N) is 9. The van der Waals surface area contributed by atoms with Gasteiger partial charge >= 0.3 is 0 Å². The molecule has 0 saturated heterocycles. The highest BCUT2D eigenvalue weighted by Gasteiger charge is 2.23. The van der Waals surface area contributed by atoms with E-state index in [9.17, 15) is 25.9 Å². The lowest BCUT2D eigenvalue weighted by Crippen LogP contribution is -2.02. The molecule has 0 aliphatic heterocycles. The fraction of sp³-hybridized carbons (Fsp3) is 0.103. The average Bonchev–Trinajstić information content (AvgIpc) is 1.64. The van der Waals surface area contributed by atoms with E-state index >= 15 is 0 Å². The van der Waals surface area contributed by atoms with Gasteiger partial charge < -0.3 is 44.9 Å². The van der Waals surface area contributed by atoms with E-state index in [0.717, 1.165) is 167 Å². The maximum absolute atomic E-state index is 12.2. The van der Waals surface area contributed by atoms with E-state index in [2.05, 4.69) is 238 Å². The fourth-order valence-electron chi connectivity index (χ4n) is 15.0. The second kappa shape index (κ2) is 31.9. The van der Waals surface area contributed by atoms with E-state index in [4.69, 9.17) is 19.9 Å². The maximum atomic E-state index is 12.2. The lowest BCUT2D eigenvalue weighted by molar-refractivity contribution is 0.481. The van der Waals surface area contributed by atoms with Crippen molar-refractivity contribution in [2.75, 3.05) is 0 Å². The second-order valence-corrected chi connectivity index (χ2v) is 34.1. The van der Waals surface area contributed by atoms with Crippen LogP contribution in [0.25, 0.3) is 190 Å². The summed E-state index contributed by atoms with van der Waals surface area (Å²) in [5.41, 5.74) is 33.4. The Labute approximate surface area is 705 Å². The molecule has 22 aromatic rings. The van der Waals surface area contributed by atoms with Gasteiger partial charge in [-0.05, 0) is 259 Å². The number of hydrogen-bond donors (Lipinski definition) is 11. The Balaban J connectivity index is 0.000000107. The number of aromatic amines is 9. The Hall–Kier alpha value is -15.1. The van der Waals surface area contributed by atoms with Gasteiger partial charge in [-0.25, -0.2) is 44.9 Å². The van der Waals surface area contributed by atoms with E-state index in [1.165, 1.54) is 46.0 Å². The first-order valence-corrected chi connectivity index (χ1v) is 42.6. The van der Waals surface area contributed by atoms with Crippen LogP contribution in [-0.4, -0.2) is 116 Å². The molecule has 9 heterocycles. The normalized spacial score (nSPS) is 11.7. The minimum absolute atomic E-state index is 0.219. The van der Waals surface area contributed by atoms with Crippen molar-refractivity contribution in [3.8, 4) is 91.1 Å². The van der Waals surface area contributed by atoms with Gasteiger partial charge in [0, 0.05) is 44.5 Å². The Bertz CT molecular complexity index is 7610. The van der Waals surface area contributed by atoms with E-state index in [-0.39, 0.29) is 9.79 Å². The fourth-order valence-corrected chi connectivity index (χ4v) is 16.3. The van der Waals surface area contributed by atoms with Crippen LogP contribution in [0.5, 0.6) is 0 Å².